The van der Waals surface area contributed by atoms with E-state index in [0.29, 0.717) is 42.0 Å². The summed E-state index contributed by atoms with van der Waals surface area (Å²) in [5, 5.41) is 3.85. The minimum atomic E-state index is -0.383. The smallest absolute Gasteiger partial charge is 0.338 e. The van der Waals surface area contributed by atoms with Crippen molar-refractivity contribution in [3.8, 4) is 11.5 Å². The first-order chi connectivity index (χ1) is 14.5. The first-order valence-electron chi connectivity index (χ1n) is 9.95. The van der Waals surface area contributed by atoms with E-state index in [-0.39, 0.29) is 12.0 Å². The summed E-state index contributed by atoms with van der Waals surface area (Å²) in [6.45, 7) is 7.03. The van der Waals surface area contributed by atoms with Crippen molar-refractivity contribution in [1.29, 1.82) is 0 Å². The van der Waals surface area contributed by atoms with Crippen LogP contribution in [0.5, 0.6) is 11.5 Å². The van der Waals surface area contributed by atoms with Crippen LogP contribution in [0.25, 0.3) is 0 Å². The van der Waals surface area contributed by atoms with Gasteiger partial charge in [-0.15, -0.1) is 0 Å². The zero-order chi connectivity index (χ0) is 21.3. The number of thiocarbonyl (C=S) groups is 1. The topological polar surface area (TPSA) is 60.0 Å². The van der Waals surface area contributed by atoms with E-state index in [2.05, 4.69) is 5.32 Å². The van der Waals surface area contributed by atoms with Crippen molar-refractivity contribution in [2.75, 3.05) is 24.7 Å². The Morgan fingerprint density at radius 2 is 1.90 bits per heavy atom. The van der Waals surface area contributed by atoms with Gasteiger partial charge in [0.25, 0.3) is 0 Å². The second-order valence-corrected chi connectivity index (χ2v) is 7.51. The molecule has 0 radical (unpaired) electrons. The van der Waals surface area contributed by atoms with Gasteiger partial charge in [-0.25, -0.2) is 4.79 Å². The number of nitrogens with zero attached hydrogens (tertiary/aromatic N) is 1. The molecule has 4 rings (SSSR count). The van der Waals surface area contributed by atoms with Crippen molar-refractivity contribution < 1.29 is 19.0 Å². The number of aryl methyl sites for hydroxylation is 1. The molecule has 0 bridgehead atoms. The lowest BCUT2D eigenvalue weighted by Gasteiger charge is -2.38. The van der Waals surface area contributed by atoms with Crippen molar-refractivity contribution in [3.05, 3.63) is 64.9 Å². The standard InChI is InChI=1S/C23H24N2O4S/c1-4-27-22(26)20-15(3)25(16-9-10-18-19(13-16)29-12-11-28-18)23(30)24-21(20)17-8-6-5-7-14(17)2/h5-10,13,21H,4,11-12H2,1-3H3,(H,24,30)/t21-/m1/s1. The molecule has 156 valence electrons. The summed E-state index contributed by atoms with van der Waals surface area (Å²) in [5.41, 5.74) is 4.11. The molecule has 2 aliphatic rings. The highest BCUT2D eigenvalue weighted by Gasteiger charge is 2.36. The molecular formula is C23H24N2O4S. The van der Waals surface area contributed by atoms with Crippen molar-refractivity contribution in [1.82, 2.24) is 5.32 Å². The Labute approximate surface area is 181 Å². The molecule has 2 aromatic rings. The van der Waals surface area contributed by atoms with E-state index < -0.39 is 0 Å². The van der Waals surface area contributed by atoms with Crippen molar-refractivity contribution >= 4 is 29.0 Å². The Balaban J connectivity index is 1.82. The fourth-order valence-electron chi connectivity index (χ4n) is 3.84. The van der Waals surface area contributed by atoms with E-state index in [4.69, 9.17) is 26.4 Å². The first kappa shape index (κ1) is 20.2. The van der Waals surface area contributed by atoms with Crippen LogP contribution in [0, 0.1) is 6.92 Å². The largest absolute Gasteiger partial charge is 0.486 e. The summed E-state index contributed by atoms with van der Waals surface area (Å²) < 4.78 is 16.7. The molecule has 0 aromatic heterocycles. The quantitative estimate of drug-likeness (QED) is 0.587. The van der Waals surface area contributed by atoms with Gasteiger partial charge in [-0.1, -0.05) is 24.3 Å². The van der Waals surface area contributed by atoms with Crippen molar-refractivity contribution in [3.63, 3.8) is 0 Å². The molecule has 0 spiro atoms. The zero-order valence-corrected chi connectivity index (χ0v) is 18.0. The van der Waals surface area contributed by atoms with Crippen LogP contribution < -0.4 is 19.7 Å². The Kier molecular flexibility index (Phi) is 5.63. The average molecular weight is 425 g/mol. The van der Waals surface area contributed by atoms with Crippen LogP contribution in [0.15, 0.2) is 53.7 Å². The molecule has 6 nitrogen and oxygen atoms in total. The number of fused-ring (bicyclic) bond motifs is 1. The molecule has 30 heavy (non-hydrogen) atoms. The molecule has 0 unspecified atom stereocenters. The molecule has 1 atom stereocenters. The van der Waals surface area contributed by atoms with Crippen LogP contribution in [-0.4, -0.2) is 30.9 Å². The van der Waals surface area contributed by atoms with Gasteiger partial charge in [0.15, 0.2) is 16.6 Å². The average Bonchev–Trinajstić information content (AvgIpc) is 2.73. The lowest BCUT2D eigenvalue weighted by molar-refractivity contribution is -0.139. The summed E-state index contributed by atoms with van der Waals surface area (Å²) in [5.74, 6) is 1.000. The number of carbonyl (C=O) groups excluding carboxylic acids is 1. The Morgan fingerprint density at radius 3 is 2.63 bits per heavy atom. The van der Waals surface area contributed by atoms with Gasteiger partial charge in [-0.3, -0.25) is 4.90 Å². The summed E-state index contributed by atoms with van der Waals surface area (Å²) in [4.78, 5) is 14.8. The molecule has 0 aliphatic carbocycles. The third-order valence-corrected chi connectivity index (χ3v) is 5.56. The molecule has 2 aromatic carbocycles. The predicted molar refractivity (Wildman–Crippen MR) is 119 cm³/mol. The minimum absolute atomic E-state index is 0.296. The molecular weight excluding hydrogens is 400 g/mol. The van der Waals surface area contributed by atoms with E-state index in [9.17, 15) is 4.79 Å². The number of hydrogen-bond acceptors (Lipinski definition) is 5. The second-order valence-electron chi connectivity index (χ2n) is 7.12. The van der Waals surface area contributed by atoms with E-state index in [1.165, 1.54) is 0 Å². The third-order valence-electron chi connectivity index (χ3n) is 5.26. The fourth-order valence-corrected chi connectivity index (χ4v) is 4.20. The molecule has 0 saturated carbocycles. The van der Waals surface area contributed by atoms with Gasteiger partial charge in [0.05, 0.1) is 23.9 Å². The molecule has 7 heteroatoms. The summed E-state index contributed by atoms with van der Waals surface area (Å²) in [7, 11) is 0. The van der Waals surface area contributed by atoms with Gasteiger partial charge in [-0.2, -0.15) is 0 Å². The van der Waals surface area contributed by atoms with Gasteiger partial charge < -0.3 is 19.5 Å². The third kappa shape index (κ3) is 3.61. The van der Waals surface area contributed by atoms with E-state index >= 15 is 0 Å². The first-order valence-corrected chi connectivity index (χ1v) is 10.4. The molecule has 0 fully saturated rings. The van der Waals surface area contributed by atoms with E-state index in [1.54, 1.807) is 6.92 Å². The van der Waals surface area contributed by atoms with E-state index in [1.807, 2.05) is 61.2 Å². The van der Waals surface area contributed by atoms with Crippen LogP contribution in [0.3, 0.4) is 0 Å². The number of hydrogen-bond donors (Lipinski definition) is 1. The van der Waals surface area contributed by atoms with Crippen molar-refractivity contribution in [2.24, 2.45) is 0 Å². The van der Waals surface area contributed by atoms with Gasteiger partial charge in [0.1, 0.15) is 13.2 Å². The zero-order valence-electron chi connectivity index (χ0n) is 17.2. The van der Waals surface area contributed by atoms with Gasteiger partial charge >= 0.3 is 5.97 Å². The highest BCUT2D eigenvalue weighted by molar-refractivity contribution is 7.80. The summed E-state index contributed by atoms with van der Waals surface area (Å²) in [6.07, 6.45) is 0. The molecule has 1 N–H and O–H groups in total. The number of rotatable bonds is 4. The number of nitrogens with one attached hydrogen (secondary N) is 1. The highest BCUT2D eigenvalue weighted by atomic mass is 32.1. The number of ether oxygens (including phenoxy) is 3. The predicted octanol–water partition coefficient (Wildman–Crippen LogP) is 4.04. The summed E-state index contributed by atoms with van der Waals surface area (Å²) >= 11 is 5.72. The van der Waals surface area contributed by atoms with Crippen LogP contribution in [0.2, 0.25) is 0 Å². The second kappa shape index (κ2) is 8.36. The molecule has 2 aliphatic heterocycles. The Morgan fingerprint density at radius 1 is 1.17 bits per heavy atom. The molecule has 0 saturated heterocycles. The Hall–Kier alpha value is -3.06. The number of benzene rings is 2. The van der Waals surface area contributed by atoms with Crippen LogP contribution in [0.4, 0.5) is 5.69 Å². The van der Waals surface area contributed by atoms with E-state index in [0.717, 1.165) is 22.5 Å². The number of esters is 1. The maximum atomic E-state index is 13.0. The maximum Gasteiger partial charge on any atom is 0.338 e. The van der Waals surface area contributed by atoms with Crippen molar-refractivity contribution in [2.45, 2.75) is 26.8 Å². The summed E-state index contributed by atoms with van der Waals surface area (Å²) in [6, 6.07) is 13.2. The lowest BCUT2D eigenvalue weighted by Crippen LogP contribution is -2.48. The van der Waals surface area contributed by atoms with Crippen LogP contribution in [-0.2, 0) is 9.53 Å². The van der Waals surface area contributed by atoms with Gasteiger partial charge in [0.2, 0.25) is 0 Å². The number of carbonyl (C=O) groups is 1. The number of allylic oxidation sites excluding steroid dienone is 1. The van der Waals surface area contributed by atoms with Gasteiger partial charge in [-0.05, 0) is 56.2 Å². The number of anilines is 1. The van der Waals surface area contributed by atoms with Crippen LogP contribution in [0.1, 0.15) is 31.0 Å². The monoisotopic (exact) mass is 424 g/mol. The van der Waals surface area contributed by atoms with Crippen LogP contribution >= 0.6 is 12.2 Å². The minimum Gasteiger partial charge on any atom is -0.486 e. The fraction of sp³-hybridized carbons (Fsp3) is 0.304. The normalized spacial score (nSPS) is 18.2. The lowest BCUT2D eigenvalue weighted by atomic mass is 9.92. The highest BCUT2D eigenvalue weighted by Crippen LogP contribution is 2.39. The molecule has 0 amide bonds. The Bertz CT molecular complexity index is 1030. The SMILES string of the molecule is CCOC(=O)C1=C(C)N(c2ccc3c(c2)OCCO3)C(=S)N[C@@H]1c1ccccc1C. The maximum absolute atomic E-state index is 13.0. The van der Waals surface area contributed by atoms with Gasteiger partial charge in [0, 0.05) is 11.8 Å². The molecule has 2 heterocycles.